The number of rotatable bonds is 7. The highest BCUT2D eigenvalue weighted by molar-refractivity contribution is 5.95. The number of amides is 1. The van der Waals surface area contributed by atoms with Gasteiger partial charge in [0.1, 0.15) is 6.54 Å². The Balaban J connectivity index is 1.60. The summed E-state index contributed by atoms with van der Waals surface area (Å²) in [6, 6.07) is 15.2. The Morgan fingerprint density at radius 3 is 2.41 bits per heavy atom. The zero-order chi connectivity index (χ0) is 19.2. The van der Waals surface area contributed by atoms with E-state index in [2.05, 4.69) is 20.7 Å². The molecule has 0 spiro atoms. The van der Waals surface area contributed by atoms with Crippen LogP contribution >= 0.6 is 0 Å². The fourth-order valence-electron chi connectivity index (χ4n) is 2.59. The molecule has 0 saturated heterocycles. The maximum Gasteiger partial charge on any atom is 0.216 e. The zero-order valence-electron chi connectivity index (χ0n) is 15.3. The molecule has 1 aromatic heterocycles. The van der Waals surface area contributed by atoms with Crippen LogP contribution in [-0.4, -0.2) is 38.4 Å². The van der Waals surface area contributed by atoms with E-state index in [1.54, 1.807) is 12.1 Å². The van der Waals surface area contributed by atoms with Crippen molar-refractivity contribution in [1.82, 2.24) is 25.5 Å². The van der Waals surface area contributed by atoms with Crippen LogP contribution in [0.4, 0.5) is 0 Å². The number of aromatic nitrogens is 4. The van der Waals surface area contributed by atoms with E-state index in [9.17, 15) is 9.59 Å². The van der Waals surface area contributed by atoms with Crippen molar-refractivity contribution in [3.8, 4) is 11.4 Å². The van der Waals surface area contributed by atoms with Crippen LogP contribution in [0.3, 0.4) is 0 Å². The Labute approximate surface area is 157 Å². The van der Waals surface area contributed by atoms with E-state index in [4.69, 9.17) is 0 Å². The molecule has 138 valence electrons. The van der Waals surface area contributed by atoms with Gasteiger partial charge in [-0.1, -0.05) is 54.1 Å². The minimum absolute atomic E-state index is 0.0318. The smallest absolute Gasteiger partial charge is 0.216 e. The van der Waals surface area contributed by atoms with Crippen LogP contribution < -0.4 is 5.32 Å². The van der Waals surface area contributed by atoms with Crippen molar-refractivity contribution in [2.24, 2.45) is 0 Å². The quantitative estimate of drug-likeness (QED) is 0.650. The number of carbonyl (C=O) groups excluding carboxylic acids is 2. The first kappa shape index (κ1) is 18.4. The van der Waals surface area contributed by atoms with Crippen LogP contribution in [0.2, 0.25) is 0 Å². The van der Waals surface area contributed by atoms with Gasteiger partial charge in [-0.25, -0.2) is 0 Å². The molecule has 3 rings (SSSR count). The van der Waals surface area contributed by atoms with Crippen molar-refractivity contribution >= 4 is 11.7 Å². The molecule has 2 aromatic carbocycles. The molecule has 0 aliphatic carbocycles. The Morgan fingerprint density at radius 2 is 1.74 bits per heavy atom. The number of hydrogen-bond acceptors (Lipinski definition) is 5. The molecule has 0 radical (unpaired) electrons. The van der Waals surface area contributed by atoms with Crippen LogP contribution in [-0.2, 0) is 17.8 Å². The highest BCUT2D eigenvalue weighted by Gasteiger charge is 2.11. The lowest BCUT2D eigenvalue weighted by atomic mass is 10.1. The number of hydrogen-bond donors (Lipinski definition) is 1. The third-order valence-corrected chi connectivity index (χ3v) is 4.11. The van der Waals surface area contributed by atoms with E-state index in [-0.39, 0.29) is 18.2 Å². The second-order valence-electron chi connectivity index (χ2n) is 6.36. The Hall–Kier alpha value is -3.35. The molecule has 0 atom stereocenters. The van der Waals surface area contributed by atoms with Crippen molar-refractivity contribution in [3.63, 3.8) is 0 Å². The first-order valence-electron chi connectivity index (χ1n) is 8.73. The fourth-order valence-corrected chi connectivity index (χ4v) is 2.59. The van der Waals surface area contributed by atoms with Crippen LogP contribution in [0.5, 0.6) is 0 Å². The average Bonchev–Trinajstić information content (AvgIpc) is 3.11. The number of tetrazole rings is 1. The van der Waals surface area contributed by atoms with Gasteiger partial charge in [0, 0.05) is 24.6 Å². The zero-order valence-corrected chi connectivity index (χ0v) is 15.3. The molecule has 1 amide bonds. The summed E-state index contributed by atoms with van der Waals surface area (Å²) in [5.74, 6) is 0.361. The molecule has 0 bridgehead atoms. The first-order valence-corrected chi connectivity index (χ1v) is 8.73. The van der Waals surface area contributed by atoms with Crippen LogP contribution in [0.15, 0.2) is 48.5 Å². The number of carbonyl (C=O) groups is 2. The average molecular weight is 363 g/mol. The van der Waals surface area contributed by atoms with Crippen LogP contribution in [0, 0.1) is 6.92 Å². The Bertz CT molecular complexity index is 930. The number of ketones is 1. The summed E-state index contributed by atoms with van der Waals surface area (Å²) in [4.78, 5) is 24.6. The molecule has 3 aromatic rings. The molecule has 0 aliphatic heterocycles. The summed E-state index contributed by atoms with van der Waals surface area (Å²) < 4.78 is 0. The summed E-state index contributed by atoms with van der Waals surface area (Å²) in [7, 11) is 0. The minimum Gasteiger partial charge on any atom is -0.356 e. The summed E-state index contributed by atoms with van der Waals surface area (Å²) in [6.45, 7) is 4.11. The molecule has 0 saturated carbocycles. The minimum atomic E-state index is -0.0868. The first-order chi connectivity index (χ1) is 13.0. The van der Waals surface area contributed by atoms with E-state index in [1.807, 2.05) is 43.3 Å². The number of benzene rings is 2. The number of Topliss-reactive ketones (excluding diaryl/α,β-unsaturated/α-hetero) is 1. The molecule has 7 heteroatoms. The second kappa shape index (κ2) is 8.35. The van der Waals surface area contributed by atoms with E-state index in [0.29, 0.717) is 17.9 Å². The second-order valence-corrected chi connectivity index (χ2v) is 6.36. The highest BCUT2D eigenvalue weighted by Crippen LogP contribution is 2.14. The number of aryl methyl sites for hydroxylation is 1. The van der Waals surface area contributed by atoms with Crippen molar-refractivity contribution in [2.45, 2.75) is 26.8 Å². The molecule has 7 nitrogen and oxygen atoms in total. The van der Waals surface area contributed by atoms with Gasteiger partial charge in [-0.2, -0.15) is 4.80 Å². The van der Waals surface area contributed by atoms with Gasteiger partial charge in [0.15, 0.2) is 5.78 Å². The lowest BCUT2D eigenvalue weighted by molar-refractivity contribution is -0.118. The maximum atomic E-state index is 12.4. The monoisotopic (exact) mass is 363 g/mol. The van der Waals surface area contributed by atoms with Crippen LogP contribution in [0.25, 0.3) is 11.4 Å². The molecular formula is C20H21N5O2. The molecule has 1 heterocycles. The van der Waals surface area contributed by atoms with Crippen LogP contribution in [0.1, 0.15) is 28.4 Å². The van der Waals surface area contributed by atoms with Crippen molar-refractivity contribution in [2.75, 3.05) is 6.54 Å². The summed E-state index contributed by atoms with van der Waals surface area (Å²) >= 11 is 0. The van der Waals surface area contributed by atoms with E-state index in [1.165, 1.54) is 11.7 Å². The predicted octanol–water partition coefficient (Wildman–Crippen LogP) is 2.21. The summed E-state index contributed by atoms with van der Waals surface area (Å²) in [5, 5.41) is 15.0. The highest BCUT2D eigenvalue weighted by atomic mass is 16.1. The normalized spacial score (nSPS) is 10.6. The lowest BCUT2D eigenvalue weighted by Crippen LogP contribution is -2.22. The SMILES string of the molecule is CC(=O)NCCc1ccc(C(=O)Cn2nnc(-c3ccc(C)cc3)n2)cc1. The maximum absolute atomic E-state index is 12.4. The van der Waals surface area contributed by atoms with Gasteiger partial charge >= 0.3 is 0 Å². The van der Waals surface area contributed by atoms with Gasteiger partial charge in [0.05, 0.1) is 0 Å². The molecule has 27 heavy (non-hydrogen) atoms. The van der Waals surface area contributed by atoms with E-state index in [0.717, 1.165) is 23.1 Å². The fraction of sp³-hybridized carbons (Fsp3) is 0.250. The number of nitrogens with zero attached hydrogens (tertiary/aromatic N) is 4. The summed E-state index contributed by atoms with van der Waals surface area (Å²) in [5.41, 5.74) is 3.66. The number of nitrogens with one attached hydrogen (secondary N) is 1. The topological polar surface area (TPSA) is 89.8 Å². The van der Waals surface area contributed by atoms with Crippen molar-refractivity contribution in [3.05, 3.63) is 65.2 Å². The third-order valence-electron chi connectivity index (χ3n) is 4.11. The predicted molar refractivity (Wildman–Crippen MR) is 101 cm³/mol. The summed E-state index contributed by atoms with van der Waals surface area (Å²) in [6.07, 6.45) is 0.721. The molecule has 0 fully saturated rings. The molecule has 1 N–H and O–H groups in total. The molecule has 0 aliphatic rings. The van der Waals surface area contributed by atoms with Gasteiger partial charge in [-0.05, 0) is 24.1 Å². The van der Waals surface area contributed by atoms with Crippen molar-refractivity contribution in [1.29, 1.82) is 0 Å². The largest absolute Gasteiger partial charge is 0.356 e. The Kier molecular flexibility index (Phi) is 5.71. The third kappa shape index (κ3) is 5.07. The van der Waals surface area contributed by atoms with Gasteiger partial charge in [0.25, 0.3) is 0 Å². The van der Waals surface area contributed by atoms with Gasteiger partial charge in [-0.15, -0.1) is 10.2 Å². The van der Waals surface area contributed by atoms with E-state index >= 15 is 0 Å². The van der Waals surface area contributed by atoms with Gasteiger partial charge in [-0.3, -0.25) is 9.59 Å². The van der Waals surface area contributed by atoms with E-state index < -0.39 is 0 Å². The Morgan fingerprint density at radius 1 is 1.04 bits per heavy atom. The standard InChI is InChI=1S/C20H21N5O2/c1-14-3-7-18(8-4-14)20-22-24-25(23-20)13-19(27)17-9-5-16(6-10-17)11-12-21-15(2)26/h3-10H,11-13H2,1-2H3,(H,21,26). The molecule has 0 unspecified atom stereocenters. The van der Waals surface area contributed by atoms with Gasteiger partial charge in [0.2, 0.25) is 11.7 Å². The van der Waals surface area contributed by atoms with Crippen molar-refractivity contribution < 1.29 is 9.59 Å². The molecular weight excluding hydrogens is 342 g/mol. The van der Waals surface area contributed by atoms with Gasteiger partial charge < -0.3 is 5.32 Å². The lowest BCUT2D eigenvalue weighted by Gasteiger charge is -2.04.